The van der Waals surface area contributed by atoms with E-state index in [0.29, 0.717) is 11.0 Å². The van der Waals surface area contributed by atoms with Gasteiger partial charge in [-0.1, -0.05) is 18.2 Å². The number of rotatable bonds is 3. The number of nitrogens with one attached hydrogen (secondary N) is 1. The topological polar surface area (TPSA) is 59.3 Å². The predicted octanol–water partition coefficient (Wildman–Crippen LogP) is 3.74. The second kappa shape index (κ2) is 5.25. The third kappa shape index (κ3) is 2.69. The van der Waals surface area contributed by atoms with Gasteiger partial charge in [-0.3, -0.25) is 4.79 Å². The van der Waals surface area contributed by atoms with Crippen LogP contribution in [0.1, 0.15) is 17.3 Å². The Morgan fingerprint density at radius 2 is 1.76 bits per heavy atom. The van der Waals surface area contributed by atoms with Crippen LogP contribution in [-0.4, -0.2) is 5.78 Å². The molecule has 21 heavy (non-hydrogen) atoms. The lowest BCUT2D eigenvalue weighted by molar-refractivity contribution is 0.101. The van der Waals surface area contributed by atoms with Crippen molar-refractivity contribution in [1.82, 2.24) is 0 Å². The number of para-hydroxylation sites is 1. The molecule has 1 heterocycles. The second-order valence-electron chi connectivity index (χ2n) is 4.75. The molecule has 4 nitrogen and oxygen atoms in total. The average molecular weight is 279 g/mol. The van der Waals surface area contributed by atoms with Gasteiger partial charge in [0.15, 0.2) is 5.78 Å². The van der Waals surface area contributed by atoms with Gasteiger partial charge >= 0.3 is 5.63 Å². The molecule has 3 aromatic rings. The zero-order valence-corrected chi connectivity index (χ0v) is 11.4. The summed E-state index contributed by atoms with van der Waals surface area (Å²) < 4.78 is 5.16. The van der Waals surface area contributed by atoms with E-state index in [9.17, 15) is 9.59 Å². The molecule has 104 valence electrons. The maximum Gasteiger partial charge on any atom is 0.347 e. The first-order chi connectivity index (χ1) is 10.1. The minimum absolute atomic E-state index is 0.0689. The Balaban J connectivity index is 2.05. The summed E-state index contributed by atoms with van der Waals surface area (Å²) in [5, 5.41) is 3.96. The standard InChI is InChI=1S/C17H13NO3/c1-11(19)15-10-12-9-14(7-8-16(12)21-17(15)20)18-13-5-3-2-4-6-13/h2-10,18H,1H3. The Morgan fingerprint density at radius 3 is 2.48 bits per heavy atom. The SMILES string of the molecule is CC(=O)c1cc2cc(Nc3ccccc3)ccc2oc1=O. The summed E-state index contributed by atoms with van der Waals surface area (Å²) in [5.41, 5.74) is 1.75. The minimum atomic E-state index is -0.598. The Morgan fingerprint density at radius 1 is 1.00 bits per heavy atom. The van der Waals surface area contributed by atoms with Crippen molar-refractivity contribution in [3.05, 3.63) is 70.6 Å². The van der Waals surface area contributed by atoms with Gasteiger partial charge in [-0.25, -0.2) is 4.79 Å². The van der Waals surface area contributed by atoms with Crippen molar-refractivity contribution < 1.29 is 9.21 Å². The quantitative estimate of drug-likeness (QED) is 0.586. The van der Waals surface area contributed by atoms with Crippen LogP contribution in [-0.2, 0) is 0 Å². The van der Waals surface area contributed by atoms with Crippen LogP contribution in [0.3, 0.4) is 0 Å². The normalized spacial score (nSPS) is 10.5. The lowest BCUT2D eigenvalue weighted by Gasteiger charge is -2.07. The van der Waals surface area contributed by atoms with Crippen LogP contribution in [0.2, 0.25) is 0 Å². The number of carbonyl (C=O) groups is 1. The number of carbonyl (C=O) groups excluding carboxylic acids is 1. The van der Waals surface area contributed by atoms with Gasteiger partial charge in [-0.15, -0.1) is 0 Å². The van der Waals surface area contributed by atoms with Crippen molar-refractivity contribution in [3.63, 3.8) is 0 Å². The number of ketones is 1. The second-order valence-corrected chi connectivity index (χ2v) is 4.75. The summed E-state index contributed by atoms with van der Waals surface area (Å²) in [7, 11) is 0. The van der Waals surface area contributed by atoms with Crippen LogP contribution in [0.5, 0.6) is 0 Å². The van der Waals surface area contributed by atoms with Gasteiger partial charge in [-0.2, -0.15) is 0 Å². The Labute approximate surface area is 121 Å². The highest BCUT2D eigenvalue weighted by molar-refractivity contribution is 5.97. The van der Waals surface area contributed by atoms with Crippen molar-refractivity contribution in [3.8, 4) is 0 Å². The van der Waals surface area contributed by atoms with E-state index in [2.05, 4.69) is 5.32 Å². The van der Waals surface area contributed by atoms with Gasteiger partial charge in [0.25, 0.3) is 0 Å². The molecule has 0 saturated carbocycles. The first-order valence-electron chi connectivity index (χ1n) is 6.54. The highest BCUT2D eigenvalue weighted by atomic mass is 16.4. The molecule has 4 heteroatoms. The molecule has 0 amide bonds. The van der Waals surface area contributed by atoms with Gasteiger partial charge in [0.05, 0.1) is 0 Å². The monoisotopic (exact) mass is 279 g/mol. The Kier molecular flexibility index (Phi) is 3.28. The summed E-state index contributed by atoms with van der Waals surface area (Å²) in [6, 6.07) is 16.7. The fraction of sp³-hybridized carbons (Fsp3) is 0.0588. The van der Waals surface area contributed by atoms with Crippen LogP contribution in [0, 0.1) is 0 Å². The lowest BCUT2D eigenvalue weighted by atomic mass is 10.1. The first kappa shape index (κ1) is 13.1. The molecule has 0 bridgehead atoms. The molecule has 0 unspecified atom stereocenters. The number of anilines is 2. The maximum absolute atomic E-state index is 11.6. The highest BCUT2D eigenvalue weighted by Crippen LogP contribution is 2.22. The largest absolute Gasteiger partial charge is 0.422 e. The van der Waals surface area contributed by atoms with Crippen LogP contribution >= 0.6 is 0 Å². The van der Waals surface area contributed by atoms with Crippen LogP contribution < -0.4 is 10.9 Å². The molecule has 1 aromatic heterocycles. The first-order valence-corrected chi connectivity index (χ1v) is 6.54. The van der Waals surface area contributed by atoms with Crippen molar-refractivity contribution >= 4 is 28.1 Å². The average Bonchev–Trinajstić information content (AvgIpc) is 2.47. The molecule has 0 spiro atoms. The van der Waals surface area contributed by atoms with Crippen molar-refractivity contribution in [2.45, 2.75) is 6.92 Å². The molecular weight excluding hydrogens is 266 g/mol. The summed E-state index contributed by atoms with van der Waals surface area (Å²) in [5.74, 6) is -0.299. The van der Waals surface area contributed by atoms with Crippen molar-refractivity contribution in [1.29, 1.82) is 0 Å². The molecule has 2 aromatic carbocycles. The Hall–Kier alpha value is -2.88. The van der Waals surface area contributed by atoms with Crippen molar-refractivity contribution in [2.75, 3.05) is 5.32 Å². The Bertz CT molecular complexity index is 866. The molecular formula is C17H13NO3. The van der Waals surface area contributed by atoms with Gasteiger partial charge in [0.1, 0.15) is 11.1 Å². The molecule has 0 aliphatic rings. The number of hydrogen-bond acceptors (Lipinski definition) is 4. The lowest BCUT2D eigenvalue weighted by Crippen LogP contribution is -2.10. The van der Waals surface area contributed by atoms with E-state index in [1.54, 1.807) is 12.1 Å². The summed E-state index contributed by atoms with van der Waals surface area (Å²) in [6.45, 7) is 1.35. The molecule has 0 aliphatic heterocycles. The van der Waals surface area contributed by atoms with Gasteiger partial charge < -0.3 is 9.73 Å². The molecule has 0 atom stereocenters. The third-order valence-electron chi connectivity index (χ3n) is 3.17. The number of Topliss-reactive ketones (excluding diaryl/α,β-unsaturated/α-hetero) is 1. The van der Waals surface area contributed by atoms with Crippen molar-refractivity contribution in [2.24, 2.45) is 0 Å². The zero-order valence-electron chi connectivity index (χ0n) is 11.4. The van der Waals surface area contributed by atoms with E-state index in [0.717, 1.165) is 11.4 Å². The van der Waals surface area contributed by atoms with E-state index >= 15 is 0 Å². The van der Waals surface area contributed by atoms with Gasteiger partial charge in [0.2, 0.25) is 0 Å². The molecule has 0 aliphatic carbocycles. The van der Waals surface area contributed by atoms with E-state index in [4.69, 9.17) is 4.42 Å². The summed E-state index contributed by atoms with van der Waals surface area (Å²) >= 11 is 0. The summed E-state index contributed by atoms with van der Waals surface area (Å²) in [4.78, 5) is 23.1. The van der Waals surface area contributed by atoms with Crippen LogP contribution in [0.15, 0.2) is 63.8 Å². The molecule has 0 radical (unpaired) electrons. The fourth-order valence-corrected chi connectivity index (χ4v) is 2.13. The minimum Gasteiger partial charge on any atom is -0.422 e. The zero-order chi connectivity index (χ0) is 14.8. The predicted molar refractivity (Wildman–Crippen MR) is 82.2 cm³/mol. The third-order valence-corrected chi connectivity index (χ3v) is 3.17. The fourth-order valence-electron chi connectivity index (χ4n) is 2.13. The van der Waals surface area contributed by atoms with Gasteiger partial charge in [-0.05, 0) is 43.3 Å². The molecule has 1 N–H and O–H groups in total. The van der Waals surface area contributed by atoms with E-state index in [-0.39, 0.29) is 11.3 Å². The number of hydrogen-bond donors (Lipinski definition) is 1. The summed E-state index contributed by atoms with van der Waals surface area (Å²) in [6.07, 6.45) is 0. The van der Waals surface area contributed by atoms with E-state index < -0.39 is 5.63 Å². The molecule has 3 rings (SSSR count). The van der Waals surface area contributed by atoms with Gasteiger partial charge in [0, 0.05) is 16.8 Å². The maximum atomic E-state index is 11.6. The molecule has 0 fully saturated rings. The number of benzene rings is 2. The van der Waals surface area contributed by atoms with E-state index in [1.807, 2.05) is 42.5 Å². The van der Waals surface area contributed by atoms with Crippen LogP contribution in [0.25, 0.3) is 11.0 Å². The van der Waals surface area contributed by atoms with Crippen LogP contribution in [0.4, 0.5) is 11.4 Å². The molecule has 0 saturated heterocycles. The van der Waals surface area contributed by atoms with E-state index in [1.165, 1.54) is 6.92 Å². The smallest absolute Gasteiger partial charge is 0.347 e. The highest BCUT2D eigenvalue weighted by Gasteiger charge is 2.09. The number of fused-ring (bicyclic) bond motifs is 1.